The molecule has 55 heavy (non-hydrogen) atoms. The summed E-state index contributed by atoms with van der Waals surface area (Å²) in [7, 11) is 5.41. The van der Waals surface area contributed by atoms with Crippen molar-refractivity contribution < 1.29 is 38.2 Å². The van der Waals surface area contributed by atoms with E-state index in [1.165, 1.54) is 122 Å². The molecule has 0 spiro atoms. The molecule has 0 rings (SSSR count). The summed E-state index contributed by atoms with van der Waals surface area (Å²) in [6, 6.07) is -0.725. The monoisotopic (exact) mass is 778 g/mol. The van der Waals surface area contributed by atoms with Gasteiger partial charge in [-0.3, -0.25) is 9.59 Å². The van der Waals surface area contributed by atoms with Gasteiger partial charge >= 0.3 is 11.9 Å². The SMILES string of the molecule is CCCC/C=C/CCCCCCCC(=O)OCC(COCCC(C(=O)[O-])[N+](C)(C)C)OC(=O)CCCCCCCCC/C=C/CCCCCCCCCCC. The minimum absolute atomic E-state index is 0.0390. The number of likely N-dealkylation sites (N-methyl/N-ethyl adjacent to an activating group) is 1. The fraction of sp³-hybridized carbons (Fsp3) is 0.851. The Morgan fingerprint density at radius 3 is 1.36 bits per heavy atom. The van der Waals surface area contributed by atoms with E-state index < -0.39 is 18.1 Å². The second-order valence-electron chi connectivity index (χ2n) is 16.6. The average molecular weight is 778 g/mol. The number of rotatable bonds is 41. The molecular weight excluding hydrogens is 691 g/mol. The Labute approximate surface area is 339 Å². The van der Waals surface area contributed by atoms with Crippen LogP contribution in [-0.4, -0.2) is 75.5 Å². The molecule has 322 valence electrons. The third-order valence-corrected chi connectivity index (χ3v) is 10.3. The molecule has 0 heterocycles. The summed E-state index contributed by atoms with van der Waals surface area (Å²) in [5, 5.41) is 11.6. The molecule has 0 N–H and O–H groups in total. The van der Waals surface area contributed by atoms with Crippen molar-refractivity contribution in [1.82, 2.24) is 0 Å². The van der Waals surface area contributed by atoms with Crippen LogP contribution in [0.15, 0.2) is 24.3 Å². The Balaban J connectivity index is 4.27. The minimum Gasteiger partial charge on any atom is -0.544 e. The van der Waals surface area contributed by atoms with E-state index in [9.17, 15) is 19.5 Å². The molecule has 0 saturated carbocycles. The quantitative estimate of drug-likeness (QED) is 0.0264. The van der Waals surface area contributed by atoms with Crippen LogP contribution in [0.5, 0.6) is 0 Å². The maximum atomic E-state index is 12.7. The van der Waals surface area contributed by atoms with Gasteiger partial charge in [-0.2, -0.15) is 0 Å². The van der Waals surface area contributed by atoms with Gasteiger partial charge in [0.25, 0.3) is 0 Å². The topological polar surface area (TPSA) is 102 Å². The first-order chi connectivity index (χ1) is 26.6. The van der Waals surface area contributed by atoms with Crippen LogP contribution in [0.3, 0.4) is 0 Å². The van der Waals surface area contributed by atoms with E-state index in [4.69, 9.17) is 14.2 Å². The van der Waals surface area contributed by atoms with E-state index in [2.05, 4.69) is 38.2 Å². The summed E-state index contributed by atoms with van der Waals surface area (Å²) in [4.78, 5) is 36.8. The van der Waals surface area contributed by atoms with Crippen molar-refractivity contribution in [3.05, 3.63) is 24.3 Å². The van der Waals surface area contributed by atoms with Crippen molar-refractivity contribution in [1.29, 1.82) is 0 Å². The molecule has 0 aliphatic carbocycles. The number of esters is 2. The number of unbranched alkanes of at least 4 members (excludes halogenated alkanes) is 23. The highest BCUT2D eigenvalue weighted by atomic mass is 16.6. The fourth-order valence-corrected chi connectivity index (χ4v) is 6.69. The number of hydrogen-bond acceptors (Lipinski definition) is 7. The Morgan fingerprint density at radius 1 is 0.527 bits per heavy atom. The van der Waals surface area contributed by atoms with Gasteiger partial charge in [-0.1, -0.05) is 154 Å². The number of allylic oxidation sites excluding steroid dienone is 4. The van der Waals surface area contributed by atoms with E-state index in [0.717, 1.165) is 51.4 Å². The molecule has 0 aliphatic heterocycles. The molecule has 2 unspecified atom stereocenters. The van der Waals surface area contributed by atoms with E-state index in [1.807, 2.05) is 0 Å². The van der Waals surface area contributed by atoms with Crippen molar-refractivity contribution in [2.75, 3.05) is 41.0 Å². The van der Waals surface area contributed by atoms with Crippen LogP contribution >= 0.6 is 0 Å². The van der Waals surface area contributed by atoms with E-state index >= 15 is 0 Å². The molecule has 8 heteroatoms. The number of carbonyl (C=O) groups is 3. The summed E-state index contributed by atoms with van der Waals surface area (Å²) in [5.41, 5.74) is 0. The summed E-state index contributed by atoms with van der Waals surface area (Å²) in [5.74, 6) is -1.75. The second kappa shape index (κ2) is 38.7. The third kappa shape index (κ3) is 37.2. The number of carboxylic acids is 1. The van der Waals surface area contributed by atoms with Crippen LogP contribution < -0.4 is 5.11 Å². The van der Waals surface area contributed by atoms with Crippen molar-refractivity contribution in [2.45, 2.75) is 219 Å². The van der Waals surface area contributed by atoms with Crippen molar-refractivity contribution in [2.24, 2.45) is 0 Å². The third-order valence-electron chi connectivity index (χ3n) is 10.3. The number of carbonyl (C=O) groups excluding carboxylic acids is 3. The number of aliphatic carboxylic acids is 1. The van der Waals surface area contributed by atoms with E-state index in [-0.39, 0.29) is 42.7 Å². The molecular formula is C47H87NO7. The average Bonchev–Trinajstić information content (AvgIpc) is 3.14. The zero-order chi connectivity index (χ0) is 40.7. The molecule has 0 bridgehead atoms. The van der Waals surface area contributed by atoms with Gasteiger partial charge < -0.3 is 28.6 Å². The smallest absolute Gasteiger partial charge is 0.306 e. The first-order valence-electron chi connectivity index (χ1n) is 22.9. The van der Waals surface area contributed by atoms with E-state index in [1.54, 1.807) is 21.1 Å². The predicted octanol–water partition coefficient (Wildman–Crippen LogP) is 11.1. The number of quaternary nitrogens is 1. The van der Waals surface area contributed by atoms with Crippen molar-refractivity contribution in [3.63, 3.8) is 0 Å². The highest BCUT2D eigenvalue weighted by Gasteiger charge is 2.25. The largest absolute Gasteiger partial charge is 0.544 e. The Kier molecular flexibility index (Phi) is 37.1. The Morgan fingerprint density at radius 2 is 0.927 bits per heavy atom. The van der Waals surface area contributed by atoms with Crippen LogP contribution in [0.25, 0.3) is 0 Å². The highest BCUT2D eigenvalue weighted by Crippen LogP contribution is 2.14. The molecule has 0 aromatic rings. The maximum Gasteiger partial charge on any atom is 0.306 e. The first kappa shape index (κ1) is 52.8. The van der Waals surface area contributed by atoms with Crippen molar-refractivity contribution in [3.8, 4) is 0 Å². The molecule has 0 amide bonds. The first-order valence-corrected chi connectivity index (χ1v) is 22.9. The minimum atomic E-state index is -1.13. The van der Waals surface area contributed by atoms with Gasteiger partial charge in [-0.25, -0.2) is 0 Å². The molecule has 0 aliphatic rings. The molecule has 0 aromatic heterocycles. The van der Waals surface area contributed by atoms with Crippen LogP contribution in [0, 0.1) is 0 Å². The van der Waals surface area contributed by atoms with Crippen LogP contribution in [0.4, 0.5) is 0 Å². The normalized spacial score (nSPS) is 13.1. The standard InChI is InChI=1S/C47H87NO7/c1-6-8-10-12-14-16-18-19-20-21-22-23-24-25-26-28-30-32-34-36-38-46(50)55-43(41-53-40-39-44(47(51)52)48(3,4)5)42-54-45(49)37-35-33-31-29-27-17-15-13-11-9-7-2/h13,15,22-23,43-44H,6-12,14,16-21,24-42H2,1-5H3/b15-13+,23-22+. The molecule has 0 fully saturated rings. The fourth-order valence-electron chi connectivity index (χ4n) is 6.69. The van der Waals surface area contributed by atoms with Crippen LogP contribution in [0.2, 0.25) is 0 Å². The van der Waals surface area contributed by atoms with Gasteiger partial charge in [-0.15, -0.1) is 0 Å². The van der Waals surface area contributed by atoms with Gasteiger partial charge in [0.15, 0.2) is 6.10 Å². The predicted molar refractivity (Wildman–Crippen MR) is 227 cm³/mol. The second-order valence-corrected chi connectivity index (χ2v) is 16.6. The number of carboxylic acid groups (broad SMARTS) is 1. The molecule has 8 nitrogen and oxygen atoms in total. The maximum absolute atomic E-state index is 12.7. The van der Waals surface area contributed by atoms with E-state index in [0.29, 0.717) is 12.8 Å². The van der Waals surface area contributed by atoms with Crippen LogP contribution in [-0.2, 0) is 28.6 Å². The zero-order valence-corrected chi connectivity index (χ0v) is 36.6. The summed E-state index contributed by atoms with van der Waals surface area (Å²) < 4.78 is 17.2. The van der Waals surface area contributed by atoms with Gasteiger partial charge in [0.05, 0.1) is 40.3 Å². The lowest BCUT2D eigenvalue weighted by Crippen LogP contribution is -2.55. The summed E-state index contributed by atoms with van der Waals surface area (Å²) in [6.07, 6.45) is 42.0. The molecule has 0 radical (unpaired) electrons. The molecule has 0 aromatic carbocycles. The Bertz CT molecular complexity index is 957. The lowest BCUT2D eigenvalue weighted by molar-refractivity contribution is -0.889. The molecule has 0 saturated heterocycles. The molecule has 2 atom stereocenters. The van der Waals surface area contributed by atoms with Crippen molar-refractivity contribution >= 4 is 17.9 Å². The van der Waals surface area contributed by atoms with Gasteiger partial charge in [-0.05, 0) is 57.8 Å². The van der Waals surface area contributed by atoms with Gasteiger partial charge in [0.2, 0.25) is 0 Å². The number of hydrogen-bond donors (Lipinski definition) is 0. The van der Waals surface area contributed by atoms with Gasteiger partial charge in [0, 0.05) is 19.3 Å². The lowest BCUT2D eigenvalue weighted by Gasteiger charge is -2.34. The lowest BCUT2D eigenvalue weighted by atomic mass is 10.1. The number of nitrogens with zero attached hydrogens (tertiary/aromatic N) is 1. The van der Waals surface area contributed by atoms with Crippen LogP contribution in [0.1, 0.15) is 206 Å². The highest BCUT2D eigenvalue weighted by molar-refractivity contribution is 5.70. The zero-order valence-electron chi connectivity index (χ0n) is 36.6. The summed E-state index contributed by atoms with van der Waals surface area (Å²) in [6.45, 7) is 4.62. The Hall–Kier alpha value is -2.19. The summed E-state index contributed by atoms with van der Waals surface area (Å²) >= 11 is 0. The van der Waals surface area contributed by atoms with Gasteiger partial charge in [0.1, 0.15) is 12.6 Å². The number of ether oxygens (including phenoxy) is 3.